The zero-order valence-electron chi connectivity index (χ0n) is 15.9. The molecule has 1 N–H and O–H groups in total. The molecule has 0 saturated carbocycles. The van der Waals surface area contributed by atoms with Gasteiger partial charge in [-0.3, -0.25) is 14.0 Å². The molecule has 0 aliphatic rings. The van der Waals surface area contributed by atoms with Crippen LogP contribution in [0.15, 0.2) is 48.7 Å². The first-order chi connectivity index (χ1) is 13.0. The fourth-order valence-electron chi connectivity index (χ4n) is 2.94. The number of amides is 2. The van der Waals surface area contributed by atoms with Gasteiger partial charge in [0.1, 0.15) is 0 Å². The number of fused-ring (bicyclic) bond motifs is 1. The Labute approximate surface area is 158 Å². The van der Waals surface area contributed by atoms with Crippen LogP contribution in [-0.4, -0.2) is 39.7 Å². The Morgan fingerprint density at radius 3 is 2.74 bits per heavy atom. The Kier molecular flexibility index (Phi) is 5.54. The van der Waals surface area contributed by atoms with E-state index in [1.165, 1.54) is 0 Å². The molecular formula is C21H24N4O2. The van der Waals surface area contributed by atoms with Gasteiger partial charge in [-0.05, 0) is 43.2 Å². The Balaban J connectivity index is 1.94. The second kappa shape index (κ2) is 8.03. The van der Waals surface area contributed by atoms with E-state index in [1.807, 2.05) is 43.3 Å². The first-order valence-electron chi connectivity index (χ1n) is 9.12. The van der Waals surface area contributed by atoms with Gasteiger partial charge in [-0.1, -0.05) is 31.5 Å². The summed E-state index contributed by atoms with van der Waals surface area (Å²) in [5.74, 6) is -0.335. The lowest BCUT2D eigenvalue weighted by Gasteiger charge is -2.15. The number of aromatic nitrogens is 2. The van der Waals surface area contributed by atoms with E-state index >= 15 is 0 Å². The molecule has 0 unspecified atom stereocenters. The van der Waals surface area contributed by atoms with Gasteiger partial charge >= 0.3 is 0 Å². The number of imidazole rings is 1. The number of pyridine rings is 1. The standard InChI is InChI=1S/C21H24N4O2/c1-4-5-12-24(3)21(27)18-17-11-6-7-13-25(17)19(23-18)20(26)22-16-10-8-9-15(2)14-16/h6-11,13-14H,4-5,12H2,1-3H3,(H,22,26). The molecule has 0 fully saturated rings. The Hall–Kier alpha value is -3.15. The van der Waals surface area contributed by atoms with Crippen LogP contribution in [0.4, 0.5) is 5.69 Å². The number of hydrogen-bond donors (Lipinski definition) is 1. The number of carbonyl (C=O) groups is 2. The maximum Gasteiger partial charge on any atom is 0.292 e. The third kappa shape index (κ3) is 4.00. The molecule has 0 atom stereocenters. The van der Waals surface area contributed by atoms with Crippen molar-refractivity contribution in [2.45, 2.75) is 26.7 Å². The van der Waals surface area contributed by atoms with E-state index in [-0.39, 0.29) is 17.6 Å². The maximum atomic E-state index is 12.8. The van der Waals surface area contributed by atoms with E-state index < -0.39 is 0 Å². The molecule has 0 aliphatic heterocycles. The van der Waals surface area contributed by atoms with Crippen LogP contribution in [0.3, 0.4) is 0 Å². The lowest BCUT2D eigenvalue weighted by molar-refractivity contribution is 0.0790. The van der Waals surface area contributed by atoms with E-state index in [9.17, 15) is 9.59 Å². The first-order valence-corrected chi connectivity index (χ1v) is 9.12. The monoisotopic (exact) mass is 364 g/mol. The molecule has 0 saturated heterocycles. The van der Waals surface area contributed by atoms with Gasteiger partial charge in [-0.25, -0.2) is 4.98 Å². The molecule has 2 heterocycles. The van der Waals surface area contributed by atoms with Gasteiger partial charge in [-0.15, -0.1) is 0 Å². The molecule has 0 radical (unpaired) electrons. The van der Waals surface area contributed by atoms with Crippen molar-refractivity contribution in [2.75, 3.05) is 18.9 Å². The van der Waals surface area contributed by atoms with Crippen LogP contribution < -0.4 is 5.32 Å². The van der Waals surface area contributed by atoms with Crippen LogP contribution in [0, 0.1) is 6.92 Å². The number of nitrogens with one attached hydrogen (secondary N) is 1. The van der Waals surface area contributed by atoms with Gasteiger partial charge in [0, 0.05) is 25.5 Å². The van der Waals surface area contributed by atoms with Crippen LogP contribution in [0.25, 0.3) is 5.52 Å². The highest BCUT2D eigenvalue weighted by Crippen LogP contribution is 2.17. The second-order valence-electron chi connectivity index (χ2n) is 6.64. The van der Waals surface area contributed by atoms with Crippen LogP contribution in [0.1, 0.15) is 46.4 Å². The summed E-state index contributed by atoms with van der Waals surface area (Å²) in [6.45, 7) is 4.70. The first kappa shape index (κ1) is 18.6. The second-order valence-corrected chi connectivity index (χ2v) is 6.64. The molecule has 0 bridgehead atoms. The summed E-state index contributed by atoms with van der Waals surface area (Å²) in [6.07, 6.45) is 3.68. The minimum absolute atomic E-state index is 0.179. The summed E-state index contributed by atoms with van der Waals surface area (Å²) in [7, 11) is 1.76. The van der Waals surface area contributed by atoms with Crippen LogP contribution in [0.2, 0.25) is 0 Å². The maximum absolute atomic E-state index is 12.8. The summed E-state index contributed by atoms with van der Waals surface area (Å²) in [5.41, 5.74) is 2.67. The van der Waals surface area contributed by atoms with Crippen molar-refractivity contribution in [3.63, 3.8) is 0 Å². The summed E-state index contributed by atoms with van der Waals surface area (Å²) in [5, 5.41) is 2.86. The number of rotatable bonds is 6. The lowest BCUT2D eigenvalue weighted by Crippen LogP contribution is -2.28. The van der Waals surface area contributed by atoms with Crippen molar-refractivity contribution in [3.05, 3.63) is 65.7 Å². The van der Waals surface area contributed by atoms with Crippen molar-refractivity contribution >= 4 is 23.0 Å². The van der Waals surface area contributed by atoms with Crippen molar-refractivity contribution in [3.8, 4) is 0 Å². The molecule has 3 aromatic rings. The topological polar surface area (TPSA) is 66.7 Å². The van der Waals surface area contributed by atoms with Crippen molar-refractivity contribution in [1.82, 2.24) is 14.3 Å². The molecular weight excluding hydrogens is 340 g/mol. The van der Waals surface area contributed by atoms with E-state index in [0.29, 0.717) is 23.4 Å². The van der Waals surface area contributed by atoms with Gasteiger partial charge < -0.3 is 10.2 Å². The smallest absolute Gasteiger partial charge is 0.292 e. The number of anilines is 1. The summed E-state index contributed by atoms with van der Waals surface area (Å²) >= 11 is 0. The lowest BCUT2D eigenvalue weighted by atomic mass is 10.2. The Bertz CT molecular complexity index is 977. The molecule has 6 heteroatoms. The van der Waals surface area contributed by atoms with Gasteiger partial charge in [0.25, 0.3) is 11.8 Å². The van der Waals surface area contributed by atoms with Crippen molar-refractivity contribution in [2.24, 2.45) is 0 Å². The minimum atomic E-state index is -0.350. The van der Waals surface area contributed by atoms with Gasteiger partial charge in [0.2, 0.25) is 5.82 Å². The number of aryl methyl sites for hydroxylation is 1. The molecule has 3 rings (SSSR count). The molecule has 6 nitrogen and oxygen atoms in total. The number of carbonyl (C=O) groups excluding carboxylic acids is 2. The fourth-order valence-corrected chi connectivity index (χ4v) is 2.94. The van der Waals surface area contributed by atoms with Crippen LogP contribution in [-0.2, 0) is 0 Å². The van der Waals surface area contributed by atoms with Gasteiger partial charge in [-0.2, -0.15) is 0 Å². The van der Waals surface area contributed by atoms with E-state index in [1.54, 1.807) is 28.6 Å². The third-order valence-electron chi connectivity index (χ3n) is 4.42. The summed E-state index contributed by atoms with van der Waals surface area (Å²) < 4.78 is 1.66. The fraction of sp³-hybridized carbons (Fsp3) is 0.286. The highest BCUT2D eigenvalue weighted by molar-refractivity contribution is 6.06. The largest absolute Gasteiger partial charge is 0.340 e. The molecule has 1 aromatic carbocycles. The van der Waals surface area contributed by atoms with Crippen molar-refractivity contribution in [1.29, 1.82) is 0 Å². The number of hydrogen-bond acceptors (Lipinski definition) is 3. The summed E-state index contributed by atoms with van der Waals surface area (Å²) in [4.78, 5) is 31.7. The van der Waals surface area contributed by atoms with Crippen LogP contribution in [0.5, 0.6) is 0 Å². The zero-order valence-corrected chi connectivity index (χ0v) is 15.9. The predicted octanol–water partition coefficient (Wildman–Crippen LogP) is 3.77. The van der Waals surface area contributed by atoms with Gasteiger partial charge in [0.05, 0.1) is 5.52 Å². The molecule has 27 heavy (non-hydrogen) atoms. The number of benzene rings is 1. The van der Waals surface area contributed by atoms with Crippen molar-refractivity contribution < 1.29 is 9.59 Å². The van der Waals surface area contributed by atoms with Crippen LogP contribution >= 0.6 is 0 Å². The third-order valence-corrected chi connectivity index (χ3v) is 4.42. The quantitative estimate of drug-likeness (QED) is 0.724. The number of nitrogens with zero attached hydrogens (tertiary/aromatic N) is 3. The molecule has 140 valence electrons. The Morgan fingerprint density at radius 2 is 2.00 bits per heavy atom. The Morgan fingerprint density at radius 1 is 1.19 bits per heavy atom. The average Bonchev–Trinajstić information content (AvgIpc) is 3.05. The van der Waals surface area contributed by atoms with E-state index in [2.05, 4.69) is 17.2 Å². The molecule has 0 spiro atoms. The van der Waals surface area contributed by atoms with E-state index in [0.717, 1.165) is 18.4 Å². The highest BCUT2D eigenvalue weighted by Gasteiger charge is 2.23. The van der Waals surface area contributed by atoms with Gasteiger partial charge in [0.15, 0.2) is 5.69 Å². The summed E-state index contributed by atoms with van der Waals surface area (Å²) in [6, 6.07) is 13.0. The van der Waals surface area contributed by atoms with E-state index in [4.69, 9.17) is 0 Å². The zero-order chi connectivity index (χ0) is 19.4. The number of unbranched alkanes of at least 4 members (excludes halogenated alkanes) is 1. The predicted molar refractivity (Wildman–Crippen MR) is 106 cm³/mol. The highest BCUT2D eigenvalue weighted by atomic mass is 16.2. The minimum Gasteiger partial charge on any atom is -0.340 e. The molecule has 0 aliphatic carbocycles. The molecule has 2 aromatic heterocycles. The SMILES string of the molecule is CCCCN(C)C(=O)c1nc(C(=O)Nc2cccc(C)c2)n2ccccc12. The molecule has 2 amide bonds. The normalized spacial score (nSPS) is 10.8. The average molecular weight is 364 g/mol.